The molecule has 0 aliphatic carbocycles. The maximum Gasteiger partial charge on any atom is 0.253 e. The molecule has 0 unspecified atom stereocenters. The van der Waals surface area contributed by atoms with Crippen molar-refractivity contribution in [2.24, 2.45) is 0 Å². The number of aryl methyl sites for hydroxylation is 1. The summed E-state index contributed by atoms with van der Waals surface area (Å²) in [5.74, 6) is 0.728. The number of benzene rings is 2. The fraction of sp³-hybridized carbons (Fsp3) is 0.190. The topological polar surface area (TPSA) is 43.3 Å². The summed E-state index contributed by atoms with van der Waals surface area (Å²) >= 11 is 0. The molecule has 1 N–H and O–H groups in total. The molecular formula is C21H22N2O2. The van der Waals surface area contributed by atoms with Crippen molar-refractivity contribution in [2.75, 3.05) is 13.2 Å². The second-order valence-electron chi connectivity index (χ2n) is 5.87. The maximum atomic E-state index is 12.5. The van der Waals surface area contributed by atoms with Crippen LogP contribution in [0.2, 0.25) is 0 Å². The van der Waals surface area contributed by atoms with E-state index in [9.17, 15) is 4.79 Å². The molecule has 0 aliphatic rings. The summed E-state index contributed by atoms with van der Waals surface area (Å²) in [4.78, 5) is 12.5. The number of para-hydroxylation sites is 2. The van der Waals surface area contributed by atoms with Crippen molar-refractivity contribution < 1.29 is 9.53 Å². The number of hydrogen-bond acceptors (Lipinski definition) is 2. The highest BCUT2D eigenvalue weighted by atomic mass is 16.5. The van der Waals surface area contributed by atoms with Gasteiger partial charge in [-0.1, -0.05) is 36.4 Å². The maximum absolute atomic E-state index is 12.5. The van der Waals surface area contributed by atoms with E-state index in [-0.39, 0.29) is 5.91 Å². The highest BCUT2D eigenvalue weighted by molar-refractivity contribution is 5.95. The summed E-state index contributed by atoms with van der Waals surface area (Å²) in [6.45, 7) is 4.88. The zero-order valence-electron chi connectivity index (χ0n) is 14.5. The Bertz CT molecular complexity index is 839. The summed E-state index contributed by atoms with van der Waals surface area (Å²) in [7, 11) is 0. The molecule has 0 radical (unpaired) electrons. The lowest BCUT2D eigenvalue weighted by Gasteiger charge is -2.10. The van der Waals surface area contributed by atoms with Gasteiger partial charge in [-0.05, 0) is 44.2 Å². The van der Waals surface area contributed by atoms with Crippen LogP contribution in [-0.2, 0) is 0 Å². The number of hydrogen-bond donors (Lipinski definition) is 1. The minimum atomic E-state index is -0.0769. The predicted octanol–water partition coefficient (Wildman–Crippen LogP) is 3.90. The molecule has 1 amide bonds. The quantitative estimate of drug-likeness (QED) is 0.695. The summed E-state index contributed by atoms with van der Waals surface area (Å²) in [5, 5.41) is 2.92. The van der Waals surface area contributed by atoms with Crippen LogP contribution in [0.1, 0.15) is 21.7 Å². The van der Waals surface area contributed by atoms with Gasteiger partial charge < -0.3 is 14.6 Å². The second kappa shape index (κ2) is 7.71. The largest absolute Gasteiger partial charge is 0.492 e. The molecule has 0 bridgehead atoms. The van der Waals surface area contributed by atoms with Crippen molar-refractivity contribution in [3.8, 4) is 11.4 Å². The number of rotatable bonds is 6. The van der Waals surface area contributed by atoms with Crippen LogP contribution >= 0.6 is 0 Å². The molecule has 128 valence electrons. The van der Waals surface area contributed by atoms with Crippen LogP contribution in [0.25, 0.3) is 5.69 Å². The van der Waals surface area contributed by atoms with Crippen LogP contribution < -0.4 is 10.1 Å². The van der Waals surface area contributed by atoms with Gasteiger partial charge in [0.05, 0.1) is 12.1 Å². The highest BCUT2D eigenvalue weighted by Crippen LogP contribution is 2.20. The first-order chi connectivity index (χ1) is 12.2. The smallest absolute Gasteiger partial charge is 0.253 e. The molecule has 1 aromatic heterocycles. The van der Waals surface area contributed by atoms with Crippen LogP contribution in [-0.4, -0.2) is 23.6 Å². The molecule has 0 atom stereocenters. The Morgan fingerprint density at radius 1 is 1.00 bits per heavy atom. The predicted molar refractivity (Wildman–Crippen MR) is 99.5 cm³/mol. The molecule has 2 aromatic carbocycles. The van der Waals surface area contributed by atoms with Crippen LogP contribution in [0.5, 0.6) is 5.75 Å². The van der Waals surface area contributed by atoms with Gasteiger partial charge >= 0.3 is 0 Å². The number of nitrogens with one attached hydrogen (secondary N) is 1. The first-order valence-corrected chi connectivity index (χ1v) is 8.37. The molecular weight excluding hydrogens is 312 g/mol. The molecule has 0 saturated heterocycles. The summed E-state index contributed by atoms with van der Waals surface area (Å²) in [6.07, 6.45) is 0. The Morgan fingerprint density at radius 2 is 1.64 bits per heavy atom. The molecule has 4 nitrogen and oxygen atoms in total. The van der Waals surface area contributed by atoms with Gasteiger partial charge in [0, 0.05) is 17.1 Å². The van der Waals surface area contributed by atoms with E-state index in [1.165, 1.54) is 0 Å². The van der Waals surface area contributed by atoms with Gasteiger partial charge in [-0.25, -0.2) is 0 Å². The summed E-state index contributed by atoms with van der Waals surface area (Å²) < 4.78 is 7.69. The molecule has 1 heterocycles. The lowest BCUT2D eigenvalue weighted by atomic mass is 10.2. The minimum Gasteiger partial charge on any atom is -0.492 e. The first-order valence-electron chi connectivity index (χ1n) is 8.37. The number of aromatic nitrogens is 1. The zero-order chi connectivity index (χ0) is 17.6. The van der Waals surface area contributed by atoms with E-state index < -0.39 is 0 Å². The average molecular weight is 334 g/mol. The molecule has 0 spiro atoms. The van der Waals surface area contributed by atoms with E-state index in [1.807, 2.05) is 80.6 Å². The number of ether oxygens (including phenoxy) is 1. The molecule has 3 aromatic rings. The molecule has 3 rings (SSSR count). The van der Waals surface area contributed by atoms with E-state index >= 15 is 0 Å². The molecule has 0 fully saturated rings. The first kappa shape index (κ1) is 16.8. The van der Waals surface area contributed by atoms with Gasteiger partial charge in [0.15, 0.2) is 0 Å². The van der Waals surface area contributed by atoms with Crippen molar-refractivity contribution in [1.29, 1.82) is 0 Å². The van der Waals surface area contributed by atoms with Gasteiger partial charge in [0.2, 0.25) is 0 Å². The Hall–Kier alpha value is -3.01. The Balaban J connectivity index is 1.63. The van der Waals surface area contributed by atoms with Crippen molar-refractivity contribution in [3.63, 3.8) is 0 Å². The second-order valence-corrected chi connectivity index (χ2v) is 5.87. The van der Waals surface area contributed by atoms with Gasteiger partial charge in [-0.15, -0.1) is 0 Å². The van der Waals surface area contributed by atoms with Crippen LogP contribution in [0.3, 0.4) is 0 Å². The molecule has 4 heteroatoms. The monoisotopic (exact) mass is 334 g/mol. The number of carbonyl (C=O) groups excluding carboxylic acids is 1. The number of carbonyl (C=O) groups is 1. The molecule has 0 aliphatic heterocycles. The van der Waals surface area contributed by atoms with Gasteiger partial charge in [-0.2, -0.15) is 0 Å². The fourth-order valence-electron chi connectivity index (χ4n) is 2.91. The zero-order valence-corrected chi connectivity index (χ0v) is 14.5. The highest BCUT2D eigenvalue weighted by Gasteiger charge is 2.16. The van der Waals surface area contributed by atoms with Crippen LogP contribution in [0, 0.1) is 13.8 Å². The Labute approximate surface area is 148 Å². The number of amides is 1. The van der Waals surface area contributed by atoms with Crippen molar-refractivity contribution in [1.82, 2.24) is 9.88 Å². The SMILES string of the molecule is Cc1cc(C(=O)NCCOc2ccccc2)c(C)n1-c1ccccc1. The standard InChI is InChI=1S/C21H22N2O2/c1-16-15-20(17(2)23(16)18-9-5-3-6-10-18)21(24)22-13-14-25-19-11-7-4-8-12-19/h3-12,15H,13-14H2,1-2H3,(H,22,24). The Morgan fingerprint density at radius 3 is 2.32 bits per heavy atom. The summed E-state index contributed by atoms with van der Waals surface area (Å²) in [6, 6.07) is 21.6. The lowest BCUT2D eigenvalue weighted by Crippen LogP contribution is -2.28. The molecule has 25 heavy (non-hydrogen) atoms. The normalized spacial score (nSPS) is 10.5. The summed E-state index contributed by atoms with van der Waals surface area (Å²) in [5.41, 5.74) is 3.73. The third-order valence-corrected chi connectivity index (χ3v) is 4.09. The van der Waals surface area contributed by atoms with Crippen LogP contribution in [0.4, 0.5) is 0 Å². The van der Waals surface area contributed by atoms with Gasteiger partial charge in [0.1, 0.15) is 12.4 Å². The van der Waals surface area contributed by atoms with Gasteiger partial charge in [-0.3, -0.25) is 4.79 Å². The van der Waals surface area contributed by atoms with Crippen LogP contribution in [0.15, 0.2) is 66.7 Å². The van der Waals surface area contributed by atoms with E-state index in [4.69, 9.17) is 4.74 Å². The average Bonchev–Trinajstić information content (AvgIpc) is 2.94. The minimum absolute atomic E-state index is 0.0769. The van der Waals surface area contributed by atoms with Crippen molar-refractivity contribution in [2.45, 2.75) is 13.8 Å². The van der Waals surface area contributed by atoms with Crippen molar-refractivity contribution in [3.05, 3.63) is 83.7 Å². The number of nitrogens with zero attached hydrogens (tertiary/aromatic N) is 1. The van der Waals surface area contributed by atoms with Crippen molar-refractivity contribution >= 4 is 5.91 Å². The van der Waals surface area contributed by atoms with Gasteiger partial charge in [0.25, 0.3) is 5.91 Å². The third kappa shape index (κ3) is 3.91. The van der Waals surface area contributed by atoms with E-state index in [0.29, 0.717) is 18.7 Å². The fourth-order valence-corrected chi connectivity index (χ4v) is 2.91. The lowest BCUT2D eigenvalue weighted by molar-refractivity contribution is 0.0946. The van der Waals surface area contributed by atoms with E-state index in [1.54, 1.807) is 0 Å². The van der Waals surface area contributed by atoms with E-state index in [2.05, 4.69) is 9.88 Å². The third-order valence-electron chi connectivity index (χ3n) is 4.09. The van der Waals surface area contributed by atoms with E-state index in [0.717, 1.165) is 22.8 Å². The molecule has 0 saturated carbocycles. The Kier molecular flexibility index (Phi) is 5.19.